The van der Waals surface area contributed by atoms with Crippen LogP contribution in [0.2, 0.25) is 0 Å². The Kier molecular flexibility index (Phi) is 7.57. The normalized spacial score (nSPS) is 10.6. The maximum Gasteiger partial charge on any atom is 0.337 e. The highest BCUT2D eigenvalue weighted by atomic mass is 16.2. The lowest BCUT2D eigenvalue weighted by molar-refractivity contribution is 0.0890. The molecule has 22 heavy (non-hydrogen) atoms. The first-order valence-electron chi connectivity index (χ1n) is 8.00. The highest BCUT2D eigenvalue weighted by molar-refractivity contribution is 5.78. The molecule has 0 unspecified atom stereocenters. The van der Waals surface area contributed by atoms with Crippen LogP contribution >= 0.6 is 0 Å². The van der Waals surface area contributed by atoms with E-state index in [-0.39, 0.29) is 18.0 Å². The molecule has 0 aromatic carbocycles. The Morgan fingerprint density at radius 3 is 2.55 bits per heavy atom. The molecular formula is C17H26N2O3. The van der Waals surface area contributed by atoms with Crippen LogP contribution in [0, 0.1) is 6.92 Å². The van der Waals surface area contributed by atoms with Crippen LogP contribution in [-0.4, -0.2) is 15.0 Å². The van der Waals surface area contributed by atoms with E-state index >= 15 is 0 Å². The first kappa shape index (κ1) is 18.1. The van der Waals surface area contributed by atoms with Crippen LogP contribution in [0.3, 0.4) is 0 Å². The Balaban J connectivity index is 2.88. The van der Waals surface area contributed by atoms with Crippen LogP contribution in [0.15, 0.2) is 28.4 Å². The van der Waals surface area contributed by atoms with E-state index in [2.05, 4.69) is 13.5 Å². The second-order valence-corrected chi connectivity index (χ2v) is 5.56. The van der Waals surface area contributed by atoms with Gasteiger partial charge in [-0.1, -0.05) is 38.7 Å². The van der Waals surface area contributed by atoms with E-state index in [1.807, 2.05) is 0 Å². The van der Waals surface area contributed by atoms with E-state index in [1.165, 1.54) is 12.6 Å². The second kappa shape index (κ2) is 9.18. The van der Waals surface area contributed by atoms with E-state index in [0.717, 1.165) is 34.8 Å². The molecule has 0 aliphatic rings. The van der Waals surface area contributed by atoms with E-state index < -0.39 is 5.69 Å². The van der Waals surface area contributed by atoms with Crippen LogP contribution in [0.4, 0.5) is 0 Å². The molecule has 0 saturated heterocycles. The number of nitrogens with zero attached hydrogens (tertiary/aromatic N) is 2. The molecule has 5 nitrogen and oxygen atoms in total. The smallest absolute Gasteiger partial charge is 0.274 e. The zero-order valence-electron chi connectivity index (χ0n) is 13.6. The molecule has 0 fully saturated rings. The van der Waals surface area contributed by atoms with E-state index in [1.54, 1.807) is 13.0 Å². The first-order valence-corrected chi connectivity index (χ1v) is 8.00. The standard InChI is InChI=1S/C17H26N2O3/c1-4-6-8-9-10-11-15(20)19-13-14(3)16(21)18(17(19)22)12-7-5-2/h5,13H,2,4,6-12H2,1,3H3. The molecule has 0 aliphatic heterocycles. The fourth-order valence-electron chi connectivity index (χ4n) is 2.33. The highest BCUT2D eigenvalue weighted by Gasteiger charge is 2.13. The number of hydrogen-bond donors (Lipinski definition) is 0. The molecule has 0 radical (unpaired) electrons. The van der Waals surface area contributed by atoms with Crippen molar-refractivity contribution in [3.05, 3.63) is 45.3 Å². The van der Waals surface area contributed by atoms with Gasteiger partial charge < -0.3 is 0 Å². The Morgan fingerprint density at radius 2 is 1.91 bits per heavy atom. The van der Waals surface area contributed by atoms with Gasteiger partial charge in [-0.3, -0.25) is 14.2 Å². The maximum atomic E-state index is 12.3. The van der Waals surface area contributed by atoms with Gasteiger partial charge in [-0.05, 0) is 19.8 Å². The van der Waals surface area contributed by atoms with Crippen molar-refractivity contribution in [2.45, 2.75) is 65.3 Å². The second-order valence-electron chi connectivity index (χ2n) is 5.56. The van der Waals surface area contributed by atoms with E-state index in [0.29, 0.717) is 18.4 Å². The fourth-order valence-corrected chi connectivity index (χ4v) is 2.33. The maximum absolute atomic E-state index is 12.3. The molecule has 0 aliphatic carbocycles. The SMILES string of the molecule is C=CCCn1c(=O)c(C)cn(C(=O)CCCCCCC)c1=O. The van der Waals surface area contributed by atoms with Gasteiger partial charge in [-0.2, -0.15) is 0 Å². The average molecular weight is 306 g/mol. The fraction of sp³-hybridized carbons (Fsp3) is 0.588. The molecule has 0 N–H and O–H groups in total. The monoisotopic (exact) mass is 306 g/mol. The summed E-state index contributed by atoms with van der Waals surface area (Å²) in [4.78, 5) is 36.5. The summed E-state index contributed by atoms with van der Waals surface area (Å²) in [5.74, 6) is -0.239. The Labute approximate surface area is 131 Å². The Hall–Kier alpha value is -1.91. The lowest BCUT2D eigenvalue weighted by Gasteiger charge is -2.10. The summed E-state index contributed by atoms with van der Waals surface area (Å²) in [6.45, 7) is 7.61. The third-order valence-electron chi connectivity index (χ3n) is 3.66. The molecule has 1 aromatic rings. The van der Waals surface area contributed by atoms with Gasteiger partial charge in [0.1, 0.15) is 0 Å². The van der Waals surface area contributed by atoms with E-state index in [4.69, 9.17) is 0 Å². The van der Waals surface area contributed by atoms with Gasteiger partial charge in [0.25, 0.3) is 5.56 Å². The molecule has 122 valence electrons. The number of aryl methyl sites for hydroxylation is 1. The van der Waals surface area contributed by atoms with Gasteiger partial charge in [-0.25, -0.2) is 9.36 Å². The number of hydrogen-bond acceptors (Lipinski definition) is 3. The summed E-state index contributed by atoms with van der Waals surface area (Å²) >= 11 is 0. The molecule has 0 bridgehead atoms. The molecule has 0 saturated carbocycles. The van der Waals surface area contributed by atoms with Crippen LogP contribution in [-0.2, 0) is 6.54 Å². The van der Waals surface area contributed by atoms with Crippen LogP contribution in [0.5, 0.6) is 0 Å². The topological polar surface area (TPSA) is 61.1 Å². The van der Waals surface area contributed by atoms with E-state index in [9.17, 15) is 14.4 Å². The number of unbranched alkanes of at least 4 members (excludes halogenated alkanes) is 4. The van der Waals surface area contributed by atoms with Crippen molar-refractivity contribution in [2.24, 2.45) is 0 Å². The number of carbonyl (C=O) groups excluding carboxylic acids is 1. The quantitative estimate of drug-likeness (QED) is 0.520. The first-order chi connectivity index (χ1) is 10.5. The van der Waals surface area contributed by atoms with Gasteiger partial charge in [0.05, 0.1) is 0 Å². The molecule has 0 spiro atoms. The van der Waals surface area contributed by atoms with Crippen molar-refractivity contribution in [1.29, 1.82) is 0 Å². The third kappa shape index (κ3) is 4.83. The Bertz CT molecular complexity index is 626. The number of carbonyl (C=O) groups is 1. The van der Waals surface area contributed by atoms with Crippen LogP contribution in [0.1, 0.15) is 62.2 Å². The minimum absolute atomic E-state index is 0.239. The summed E-state index contributed by atoms with van der Waals surface area (Å²) in [5, 5.41) is 0. The lowest BCUT2D eigenvalue weighted by Crippen LogP contribution is -2.42. The summed E-state index contributed by atoms with van der Waals surface area (Å²) in [6, 6.07) is 0. The number of allylic oxidation sites excluding steroid dienone is 1. The van der Waals surface area contributed by atoms with Crippen molar-refractivity contribution in [1.82, 2.24) is 9.13 Å². The number of aromatic nitrogens is 2. The molecule has 1 aromatic heterocycles. The van der Waals surface area contributed by atoms with Crippen molar-refractivity contribution in [3.8, 4) is 0 Å². The largest absolute Gasteiger partial charge is 0.337 e. The predicted molar refractivity (Wildman–Crippen MR) is 88.5 cm³/mol. The number of rotatable bonds is 9. The highest BCUT2D eigenvalue weighted by Crippen LogP contribution is 2.06. The molecular weight excluding hydrogens is 280 g/mol. The average Bonchev–Trinajstić information content (AvgIpc) is 2.50. The molecule has 1 heterocycles. The van der Waals surface area contributed by atoms with Gasteiger partial charge in [0.15, 0.2) is 0 Å². The van der Waals surface area contributed by atoms with Crippen LogP contribution < -0.4 is 11.2 Å². The van der Waals surface area contributed by atoms with Crippen molar-refractivity contribution in [2.75, 3.05) is 0 Å². The van der Waals surface area contributed by atoms with Gasteiger partial charge in [-0.15, -0.1) is 6.58 Å². The Morgan fingerprint density at radius 1 is 1.23 bits per heavy atom. The van der Waals surface area contributed by atoms with Gasteiger partial charge in [0.2, 0.25) is 5.91 Å². The van der Waals surface area contributed by atoms with Crippen molar-refractivity contribution < 1.29 is 4.79 Å². The zero-order chi connectivity index (χ0) is 16.5. The summed E-state index contributed by atoms with van der Waals surface area (Å²) in [5.41, 5.74) is -0.474. The molecule has 0 amide bonds. The minimum atomic E-state index is -0.545. The zero-order valence-corrected chi connectivity index (χ0v) is 13.6. The summed E-state index contributed by atoms with van der Waals surface area (Å²) in [6.07, 6.45) is 9.06. The van der Waals surface area contributed by atoms with Crippen molar-refractivity contribution >= 4 is 5.91 Å². The van der Waals surface area contributed by atoms with Crippen molar-refractivity contribution in [3.63, 3.8) is 0 Å². The van der Waals surface area contributed by atoms with Gasteiger partial charge >= 0.3 is 5.69 Å². The van der Waals surface area contributed by atoms with Crippen LogP contribution in [0.25, 0.3) is 0 Å². The molecule has 1 rings (SSSR count). The summed E-state index contributed by atoms with van der Waals surface area (Å²) < 4.78 is 2.20. The third-order valence-corrected chi connectivity index (χ3v) is 3.66. The molecule has 5 heteroatoms. The summed E-state index contributed by atoms with van der Waals surface area (Å²) in [7, 11) is 0. The molecule has 0 atom stereocenters. The minimum Gasteiger partial charge on any atom is -0.274 e. The lowest BCUT2D eigenvalue weighted by atomic mass is 10.1. The van der Waals surface area contributed by atoms with Gasteiger partial charge in [0, 0.05) is 24.7 Å². The predicted octanol–water partition coefficient (Wildman–Crippen LogP) is 2.90.